The van der Waals surface area contributed by atoms with Gasteiger partial charge in [-0.05, 0) is 24.7 Å². The number of hydrogen-bond acceptors (Lipinski definition) is 2. The smallest absolute Gasteiger partial charge is 0.315 e. The van der Waals surface area contributed by atoms with Crippen LogP contribution in [0.25, 0.3) is 0 Å². The van der Waals surface area contributed by atoms with Gasteiger partial charge in [0, 0.05) is 12.6 Å². The summed E-state index contributed by atoms with van der Waals surface area (Å²) in [7, 11) is 0. The monoisotopic (exact) mass is 298 g/mol. The molecule has 0 aromatic rings. The molecule has 1 aliphatic rings. The van der Waals surface area contributed by atoms with E-state index in [1.807, 2.05) is 20.8 Å². The number of carbonyl (C=O) groups is 2. The summed E-state index contributed by atoms with van der Waals surface area (Å²) in [5.74, 6) is -1.38. The van der Waals surface area contributed by atoms with Crippen molar-refractivity contribution in [1.29, 1.82) is 0 Å². The maximum Gasteiger partial charge on any atom is 0.315 e. The third kappa shape index (κ3) is 7.93. The van der Waals surface area contributed by atoms with Crippen LogP contribution in [0.15, 0.2) is 0 Å². The maximum absolute atomic E-state index is 11.9. The highest BCUT2D eigenvalue weighted by Gasteiger charge is 2.25. The van der Waals surface area contributed by atoms with E-state index in [4.69, 9.17) is 0 Å². The highest BCUT2D eigenvalue weighted by molar-refractivity contribution is 5.76. The fourth-order valence-electron chi connectivity index (χ4n) is 2.86. The van der Waals surface area contributed by atoms with Crippen LogP contribution in [-0.2, 0) is 4.79 Å². The summed E-state index contributed by atoms with van der Waals surface area (Å²) < 4.78 is 0. The molecule has 0 bridgehead atoms. The van der Waals surface area contributed by atoms with Crippen molar-refractivity contribution in [3.05, 3.63) is 0 Å². The lowest BCUT2D eigenvalue weighted by atomic mass is 9.84. The normalized spacial score (nSPS) is 18.6. The molecule has 0 aliphatic heterocycles. The number of carboxylic acid groups (broad SMARTS) is 1. The van der Waals surface area contributed by atoms with Crippen molar-refractivity contribution in [2.45, 2.75) is 71.8 Å². The summed E-state index contributed by atoms with van der Waals surface area (Å²) in [6.45, 7) is 6.21. The van der Waals surface area contributed by atoms with Gasteiger partial charge in [-0.1, -0.05) is 46.5 Å². The van der Waals surface area contributed by atoms with Crippen LogP contribution in [-0.4, -0.2) is 29.7 Å². The molecule has 0 saturated heterocycles. The fraction of sp³-hybridized carbons (Fsp3) is 0.875. The van der Waals surface area contributed by atoms with Crippen molar-refractivity contribution < 1.29 is 14.7 Å². The molecule has 0 aromatic carbocycles. The molecule has 5 heteroatoms. The minimum atomic E-state index is -0.848. The number of rotatable bonds is 5. The Labute approximate surface area is 127 Å². The number of aliphatic carboxylic acids is 1. The van der Waals surface area contributed by atoms with E-state index < -0.39 is 11.9 Å². The van der Waals surface area contributed by atoms with Crippen LogP contribution in [0.5, 0.6) is 0 Å². The predicted octanol–water partition coefficient (Wildman–Crippen LogP) is 3.15. The molecule has 2 amide bonds. The minimum Gasteiger partial charge on any atom is -0.481 e. The molecule has 1 saturated carbocycles. The zero-order valence-electron chi connectivity index (χ0n) is 13.6. The first kappa shape index (κ1) is 17.8. The second-order valence-electron chi connectivity index (χ2n) is 7.34. The van der Waals surface area contributed by atoms with Crippen LogP contribution in [0, 0.1) is 11.3 Å². The minimum absolute atomic E-state index is 0.0670. The molecule has 1 rings (SSSR count). The Morgan fingerprint density at radius 1 is 1.14 bits per heavy atom. The van der Waals surface area contributed by atoms with Gasteiger partial charge in [-0.15, -0.1) is 0 Å². The van der Waals surface area contributed by atoms with Gasteiger partial charge in [0.15, 0.2) is 0 Å². The molecule has 0 radical (unpaired) electrons. The highest BCUT2D eigenvalue weighted by Crippen LogP contribution is 2.24. The summed E-state index contributed by atoms with van der Waals surface area (Å²) in [5.41, 5.74) is -0.0670. The molecule has 1 atom stereocenters. The molecule has 21 heavy (non-hydrogen) atoms. The molecular formula is C16H30N2O3. The van der Waals surface area contributed by atoms with Crippen LogP contribution >= 0.6 is 0 Å². The number of carboxylic acids is 1. The van der Waals surface area contributed by atoms with Gasteiger partial charge >= 0.3 is 12.0 Å². The molecule has 1 unspecified atom stereocenters. The van der Waals surface area contributed by atoms with E-state index >= 15 is 0 Å². The SMILES string of the molecule is CC(C)(C)CC(CNC(=O)NC1CCCCCC1)C(=O)O. The van der Waals surface area contributed by atoms with Gasteiger partial charge in [0.25, 0.3) is 0 Å². The quantitative estimate of drug-likeness (QED) is 0.682. The van der Waals surface area contributed by atoms with Crippen molar-refractivity contribution >= 4 is 12.0 Å². The molecular weight excluding hydrogens is 268 g/mol. The average Bonchev–Trinajstić information content (AvgIpc) is 2.61. The molecule has 1 fully saturated rings. The number of hydrogen-bond donors (Lipinski definition) is 3. The van der Waals surface area contributed by atoms with Crippen molar-refractivity contribution in [2.24, 2.45) is 11.3 Å². The van der Waals surface area contributed by atoms with Crippen LogP contribution < -0.4 is 10.6 Å². The van der Waals surface area contributed by atoms with Crippen LogP contribution in [0.4, 0.5) is 4.79 Å². The molecule has 1 aliphatic carbocycles. The Kier molecular flexibility index (Phi) is 6.99. The standard InChI is InChI=1S/C16H30N2O3/c1-16(2,3)10-12(14(19)20)11-17-15(21)18-13-8-6-4-5-7-9-13/h12-13H,4-11H2,1-3H3,(H,19,20)(H2,17,18,21). The third-order valence-electron chi connectivity index (χ3n) is 3.91. The summed E-state index contributed by atoms with van der Waals surface area (Å²) in [5, 5.41) is 14.9. The zero-order valence-corrected chi connectivity index (χ0v) is 13.6. The Morgan fingerprint density at radius 3 is 2.19 bits per heavy atom. The lowest BCUT2D eigenvalue weighted by Crippen LogP contribution is -2.44. The first-order chi connectivity index (χ1) is 9.78. The molecule has 122 valence electrons. The van der Waals surface area contributed by atoms with E-state index in [1.165, 1.54) is 12.8 Å². The Hall–Kier alpha value is -1.26. The van der Waals surface area contributed by atoms with Crippen LogP contribution in [0.2, 0.25) is 0 Å². The van der Waals surface area contributed by atoms with E-state index in [0.717, 1.165) is 25.7 Å². The Bertz CT molecular complexity index is 342. The van der Waals surface area contributed by atoms with E-state index in [0.29, 0.717) is 6.42 Å². The second-order valence-corrected chi connectivity index (χ2v) is 7.34. The van der Waals surface area contributed by atoms with E-state index in [9.17, 15) is 14.7 Å². The first-order valence-corrected chi connectivity index (χ1v) is 8.05. The Morgan fingerprint density at radius 2 is 1.71 bits per heavy atom. The summed E-state index contributed by atoms with van der Waals surface area (Å²) in [4.78, 5) is 23.2. The summed E-state index contributed by atoms with van der Waals surface area (Å²) in [6.07, 6.45) is 7.40. The van der Waals surface area contributed by atoms with E-state index in [2.05, 4.69) is 10.6 Å². The van der Waals surface area contributed by atoms with E-state index in [-0.39, 0.29) is 24.0 Å². The van der Waals surface area contributed by atoms with Crippen molar-refractivity contribution in [3.8, 4) is 0 Å². The van der Waals surface area contributed by atoms with Gasteiger partial charge in [0.2, 0.25) is 0 Å². The zero-order chi connectivity index (χ0) is 15.9. The topological polar surface area (TPSA) is 78.4 Å². The average molecular weight is 298 g/mol. The number of urea groups is 1. The predicted molar refractivity (Wildman–Crippen MR) is 83.2 cm³/mol. The van der Waals surface area contributed by atoms with Crippen molar-refractivity contribution in [2.75, 3.05) is 6.54 Å². The third-order valence-corrected chi connectivity index (χ3v) is 3.91. The van der Waals surface area contributed by atoms with Crippen molar-refractivity contribution in [1.82, 2.24) is 10.6 Å². The fourth-order valence-corrected chi connectivity index (χ4v) is 2.86. The summed E-state index contributed by atoms with van der Waals surface area (Å²) in [6, 6.07) is 0.000420. The van der Waals surface area contributed by atoms with Gasteiger partial charge in [-0.3, -0.25) is 4.79 Å². The molecule has 0 spiro atoms. The molecule has 0 aromatic heterocycles. The highest BCUT2D eigenvalue weighted by atomic mass is 16.4. The molecule has 3 N–H and O–H groups in total. The number of nitrogens with one attached hydrogen (secondary N) is 2. The first-order valence-electron chi connectivity index (χ1n) is 8.05. The maximum atomic E-state index is 11.9. The lowest BCUT2D eigenvalue weighted by Gasteiger charge is -2.24. The molecule has 5 nitrogen and oxygen atoms in total. The van der Waals surface area contributed by atoms with Crippen LogP contribution in [0.3, 0.4) is 0 Å². The second kappa shape index (κ2) is 8.25. The van der Waals surface area contributed by atoms with Crippen molar-refractivity contribution in [3.63, 3.8) is 0 Å². The van der Waals surface area contributed by atoms with E-state index in [1.54, 1.807) is 0 Å². The Balaban J connectivity index is 2.36. The summed E-state index contributed by atoms with van der Waals surface area (Å²) >= 11 is 0. The van der Waals surface area contributed by atoms with Gasteiger partial charge < -0.3 is 15.7 Å². The van der Waals surface area contributed by atoms with Gasteiger partial charge in [0.05, 0.1) is 5.92 Å². The van der Waals surface area contributed by atoms with Gasteiger partial charge in [-0.2, -0.15) is 0 Å². The van der Waals surface area contributed by atoms with Gasteiger partial charge in [-0.25, -0.2) is 4.79 Å². The van der Waals surface area contributed by atoms with Crippen LogP contribution in [0.1, 0.15) is 65.7 Å². The largest absolute Gasteiger partial charge is 0.481 e. The van der Waals surface area contributed by atoms with Gasteiger partial charge in [0.1, 0.15) is 0 Å². The molecule has 0 heterocycles. The number of carbonyl (C=O) groups excluding carboxylic acids is 1. The lowest BCUT2D eigenvalue weighted by molar-refractivity contribution is -0.142. The number of amides is 2.